The van der Waals surface area contributed by atoms with E-state index < -0.39 is 35.0 Å². The molecule has 1 aliphatic heterocycles. The summed E-state index contributed by atoms with van der Waals surface area (Å²) in [5, 5.41) is 16.9. The summed E-state index contributed by atoms with van der Waals surface area (Å²) in [6.07, 6.45) is -4.21. The van der Waals surface area contributed by atoms with Crippen LogP contribution in [-0.4, -0.2) is 41.1 Å². The number of ether oxygens (including phenoxy) is 2. The molecule has 1 aliphatic rings. The van der Waals surface area contributed by atoms with Crippen LogP contribution >= 0.6 is 0 Å². The van der Waals surface area contributed by atoms with E-state index >= 15 is 0 Å². The van der Waals surface area contributed by atoms with E-state index in [1.807, 2.05) is 0 Å². The van der Waals surface area contributed by atoms with Gasteiger partial charge in [-0.05, 0) is 61.9 Å². The molecule has 1 saturated heterocycles. The molecule has 40 heavy (non-hydrogen) atoms. The summed E-state index contributed by atoms with van der Waals surface area (Å²) in [4.78, 5) is 0. The van der Waals surface area contributed by atoms with Crippen LogP contribution in [0.15, 0.2) is 78.0 Å². The van der Waals surface area contributed by atoms with Gasteiger partial charge in [-0.2, -0.15) is 18.3 Å². The van der Waals surface area contributed by atoms with Crippen LogP contribution < -0.4 is 10.7 Å². The van der Waals surface area contributed by atoms with E-state index in [1.165, 1.54) is 47.6 Å². The summed E-state index contributed by atoms with van der Waals surface area (Å²) in [6, 6.07) is 15.3. The Labute approximate surface area is 228 Å². The normalized spacial score (nSPS) is 18.5. The standard InChI is InChI=1S/C29H28F4N4O3/c1-27(2)39-17-21(40-27)15-36-16-23(22-6-4-5-7-25(22)36)28(38,29(31,32)33)18-8-13-26(24(34)14-18)37(35-3)20-11-9-19(30)10-12-20/h4-14,16,21,38H,3,15,17,34H2,1-2H3. The molecule has 0 spiro atoms. The van der Waals surface area contributed by atoms with E-state index in [-0.39, 0.29) is 35.5 Å². The number of halogens is 4. The minimum absolute atomic E-state index is 0.0978. The molecule has 11 heteroatoms. The van der Waals surface area contributed by atoms with E-state index in [1.54, 1.807) is 36.6 Å². The molecule has 2 atom stereocenters. The third-order valence-corrected chi connectivity index (χ3v) is 6.94. The lowest BCUT2D eigenvalue weighted by atomic mass is 9.85. The molecule has 2 heterocycles. The maximum atomic E-state index is 14.9. The number of anilines is 3. The largest absolute Gasteiger partial charge is 0.425 e. The van der Waals surface area contributed by atoms with Gasteiger partial charge < -0.3 is 24.9 Å². The molecule has 0 bridgehead atoms. The molecule has 0 aliphatic carbocycles. The lowest BCUT2D eigenvalue weighted by molar-refractivity contribution is -0.247. The fraction of sp³-hybridized carbons (Fsp3) is 0.276. The summed E-state index contributed by atoms with van der Waals surface area (Å²) >= 11 is 0. The van der Waals surface area contributed by atoms with Crippen molar-refractivity contribution in [2.75, 3.05) is 17.3 Å². The zero-order valence-corrected chi connectivity index (χ0v) is 21.8. The topological polar surface area (TPSA) is 85.2 Å². The minimum Gasteiger partial charge on any atom is -0.397 e. The molecule has 0 amide bonds. The zero-order chi connectivity index (χ0) is 28.9. The molecule has 3 aromatic carbocycles. The van der Waals surface area contributed by atoms with Gasteiger partial charge in [-0.3, -0.25) is 0 Å². The fourth-order valence-electron chi connectivity index (χ4n) is 5.08. The number of benzene rings is 3. The van der Waals surface area contributed by atoms with E-state index in [0.717, 1.165) is 12.1 Å². The van der Waals surface area contributed by atoms with E-state index in [0.29, 0.717) is 11.2 Å². The summed E-state index contributed by atoms with van der Waals surface area (Å²) in [5.41, 5.74) is 2.99. The molecule has 0 saturated carbocycles. The molecular weight excluding hydrogens is 528 g/mol. The Kier molecular flexibility index (Phi) is 6.85. The number of alkyl halides is 3. The molecule has 7 nitrogen and oxygen atoms in total. The van der Waals surface area contributed by atoms with Crippen LogP contribution in [0.1, 0.15) is 25.0 Å². The lowest BCUT2D eigenvalue weighted by Gasteiger charge is -2.32. The Balaban J connectivity index is 1.60. The molecule has 5 rings (SSSR count). The highest BCUT2D eigenvalue weighted by molar-refractivity contribution is 5.86. The first kappa shape index (κ1) is 27.6. The molecule has 3 N–H and O–H groups in total. The average Bonchev–Trinajstić information content (AvgIpc) is 3.44. The highest BCUT2D eigenvalue weighted by Crippen LogP contribution is 2.48. The van der Waals surface area contributed by atoms with Crippen LogP contribution in [0.2, 0.25) is 0 Å². The number of hydrogen-bond donors (Lipinski definition) is 2. The van der Waals surface area contributed by atoms with Crippen molar-refractivity contribution >= 4 is 34.7 Å². The third-order valence-electron chi connectivity index (χ3n) is 6.94. The van der Waals surface area contributed by atoms with Crippen LogP contribution in [0.25, 0.3) is 10.9 Å². The predicted molar refractivity (Wildman–Crippen MR) is 145 cm³/mol. The first-order chi connectivity index (χ1) is 18.8. The van der Waals surface area contributed by atoms with E-state index in [4.69, 9.17) is 15.2 Å². The van der Waals surface area contributed by atoms with E-state index in [2.05, 4.69) is 11.8 Å². The van der Waals surface area contributed by atoms with Crippen LogP contribution in [-0.2, 0) is 21.6 Å². The second-order valence-corrected chi connectivity index (χ2v) is 10.1. The first-order valence-corrected chi connectivity index (χ1v) is 12.5. The zero-order valence-electron chi connectivity index (χ0n) is 21.8. The molecule has 4 aromatic rings. The number of nitrogens with two attached hydrogens (primary N) is 1. The molecular formula is C29H28F4N4O3. The third kappa shape index (κ3) is 4.80. The van der Waals surface area contributed by atoms with Crippen LogP contribution in [0.3, 0.4) is 0 Å². The SMILES string of the molecule is C=NN(c1ccc(F)cc1)c1ccc(C(O)(c2cn(CC3COC(C)(C)O3)c3ccccc23)C(F)(F)F)cc1N. The van der Waals surface area contributed by atoms with Gasteiger partial charge in [0.25, 0.3) is 0 Å². The predicted octanol–water partition coefficient (Wildman–Crippen LogP) is 6.07. The second kappa shape index (κ2) is 9.92. The molecule has 1 aromatic heterocycles. The maximum Gasteiger partial charge on any atom is 0.425 e. The van der Waals surface area contributed by atoms with Gasteiger partial charge in [0.05, 0.1) is 30.2 Å². The molecule has 2 unspecified atom stereocenters. The fourth-order valence-corrected chi connectivity index (χ4v) is 5.08. The van der Waals surface area contributed by atoms with Gasteiger partial charge in [0.15, 0.2) is 5.79 Å². The van der Waals surface area contributed by atoms with Crippen molar-refractivity contribution in [3.05, 3.63) is 89.9 Å². The van der Waals surface area contributed by atoms with Gasteiger partial charge in [0.2, 0.25) is 5.60 Å². The second-order valence-electron chi connectivity index (χ2n) is 10.1. The number of hydrazone groups is 1. The van der Waals surface area contributed by atoms with Gasteiger partial charge in [0, 0.05) is 29.4 Å². The van der Waals surface area contributed by atoms with Crippen molar-refractivity contribution in [1.29, 1.82) is 0 Å². The Morgan fingerprint density at radius 1 is 1.12 bits per heavy atom. The smallest absolute Gasteiger partial charge is 0.397 e. The number of aromatic nitrogens is 1. The average molecular weight is 557 g/mol. The number of para-hydroxylation sites is 1. The van der Waals surface area contributed by atoms with Crippen molar-refractivity contribution in [1.82, 2.24) is 4.57 Å². The summed E-state index contributed by atoms with van der Waals surface area (Å²) in [6.45, 7) is 7.52. The van der Waals surface area contributed by atoms with Crippen LogP contribution in [0.5, 0.6) is 0 Å². The lowest BCUT2D eigenvalue weighted by Crippen LogP contribution is -2.43. The molecule has 1 fully saturated rings. The van der Waals surface area contributed by atoms with Crippen LogP contribution in [0, 0.1) is 5.82 Å². The van der Waals surface area contributed by atoms with Crippen molar-refractivity contribution < 1.29 is 32.1 Å². The first-order valence-electron chi connectivity index (χ1n) is 12.5. The highest BCUT2D eigenvalue weighted by Gasteiger charge is 2.57. The van der Waals surface area contributed by atoms with Gasteiger partial charge in [-0.1, -0.05) is 24.3 Å². The number of fused-ring (bicyclic) bond motifs is 1. The van der Waals surface area contributed by atoms with Crippen molar-refractivity contribution in [3.8, 4) is 0 Å². The van der Waals surface area contributed by atoms with Crippen molar-refractivity contribution in [3.63, 3.8) is 0 Å². The Bertz CT molecular complexity index is 1550. The van der Waals surface area contributed by atoms with Gasteiger partial charge >= 0.3 is 6.18 Å². The highest BCUT2D eigenvalue weighted by atomic mass is 19.4. The summed E-state index contributed by atoms with van der Waals surface area (Å²) in [7, 11) is 0. The van der Waals surface area contributed by atoms with E-state index in [9.17, 15) is 22.7 Å². The van der Waals surface area contributed by atoms with Crippen molar-refractivity contribution in [2.24, 2.45) is 5.10 Å². The maximum absolute atomic E-state index is 14.9. The Hall–Kier alpha value is -3.93. The number of rotatable bonds is 7. The minimum atomic E-state index is -5.11. The number of nitrogen functional groups attached to an aromatic ring is 1. The Morgan fingerprint density at radius 2 is 1.82 bits per heavy atom. The van der Waals surface area contributed by atoms with Gasteiger partial charge in [-0.15, -0.1) is 0 Å². The molecule has 210 valence electrons. The Morgan fingerprint density at radius 3 is 2.42 bits per heavy atom. The number of nitrogens with zero attached hydrogens (tertiary/aromatic N) is 3. The number of hydrogen-bond acceptors (Lipinski definition) is 6. The monoisotopic (exact) mass is 556 g/mol. The summed E-state index contributed by atoms with van der Waals surface area (Å²) in [5.74, 6) is -1.27. The van der Waals surface area contributed by atoms with Crippen LogP contribution in [0.4, 0.5) is 34.6 Å². The van der Waals surface area contributed by atoms with Gasteiger partial charge in [-0.25, -0.2) is 9.40 Å². The number of aliphatic hydroxyl groups is 1. The summed E-state index contributed by atoms with van der Waals surface area (Å²) < 4.78 is 71.1. The van der Waals surface area contributed by atoms with Crippen molar-refractivity contribution in [2.45, 2.75) is 44.1 Å². The molecule has 0 radical (unpaired) electrons. The van der Waals surface area contributed by atoms with Gasteiger partial charge in [0.1, 0.15) is 11.9 Å². The quantitative estimate of drug-likeness (QED) is 0.125.